The summed E-state index contributed by atoms with van der Waals surface area (Å²) in [6.07, 6.45) is 4.63. The molecule has 3 aromatic carbocycles. The Morgan fingerprint density at radius 2 is 0.821 bits per heavy atom. The van der Waals surface area contributed by atoms with E-state index < -0.39 is 0 Å². The molecule has 3 rings (SSSR count). The SMILES string of the molecule is c1ccc(CNCCCc2ccc(CCCNCc3ccccc3)cc2)cc1. The first-order valence-corrected chi connectivity index (χ1v) is 10.5. The minimum Gasteiger partial charge on any atom is -0.313 e. The Labute approximate surface area is 170 Å². The molecule has 0 spiro atoms. The number of rotatable bonds is 12. The van der Waals surface area contributed by atoms with Crippen molar-refractivity contribution >= 4 is 0 Å². The van der Waals surface area contributed by atoms with Crippen molar-refractivity contribution in [2.45, 2.75) is 38.8 Å². The molecule has 0 saturated heterocycles. The van der Waals surface area contributed by atoms with Gasteiger partial charge in [-0.1, -0.05) is 84.9 Å². The molecule has 0 aliphatic carbocycles. The molecule has 2 N–H and O–H groups in total. The number of nitrogens with one attached hydrogen (secondary N) is 2. The van der Waals surface area contributed by atoms with Crippen molar-refractivity contribution in [2.75, 3.05) is 13.1 Å². The predicted octanol–water partition coefficient (Wildman–Crippen LogP) is 5.13. The Kier molecular flexibility index (Phi) is 8.79. The molecule has 0 aromatic heterocycles. The van der Waals surface area contributed by atoms with Crippen LogP contribution >= 0.6 is 0 Å². The van der Waals surface area contributed by atoms with Gasteiger partial charge >= 0.3 is 0 Å². The summed E-state index contributed by atoms with van der Waals surface area (Å²) in [6, 6.07) is 30.4. The highest BCUT2D eigenvalue weighted by atomic mass is 14.8. The van der Waals surface area contributed by atoms with Crippen molar-refractivity contribution in [1.29, 1.82) is 0 Å². The zero-order valence-corrected chi connectivity index (χ0v) is 16.7. The van der Waals surface area contributed by atoms with Crippen molar-refractivity contribution in [1.82, 2.24) is 10.6 Å². The fourth-order valence-corrected chi connectivity index (χ4v) is 3.36. The number of hydrogen-bond acceptors (Lipinski definition) is 2. The van der Waals surface area contributed by atoms with Gasteiger partial charge in [0.05, 0.1) is 0 Å². The van der Waals surface area contributed by atoms with Crippen LogP contribution in [-0.4, -0.2) is 13.1 Å². The minimum atomic E-state index is 0.956. The molecular weight excluding hydrogens is 340 g/mol. The third-order valence-corrected chi connectivity index (χ3v) is 5.00. The van der Waals surface area contributed by atoms with E-state index in [2.05, 4.69) is 95.6 Å². The molecule has 0 saturated carbocycles. The average Bonchev–Trinajstić information content (AvgIpc) is 2.76. The molecule has 0 atom stereocenters. The Balaban J connectivity index is 1.25. The predicted molar refractivity (Wildman–Crippen MR) is 119 cm³/mol. The van der Waals surface area contributed by atoms with Crippen LogP contribution in [-0.2, 0) is 25.9 Å². The van der Waals surface area contributed by atoms with E-state index in [1.807, 2.05) is 0 Å². The lowest BCUT2D eigenvalue weighted by Gasteiger charge is -2.07. The van der Waals surface area contributed by atoms with Gasteiger partial charge in [0.2, 0.25) is 0 Å². The van der Waals surface area contributed by atoms with E-state index in [9.17, 15) is 0 Å². The maximum absolute atomic E-state index is 3.53. The fraction of sp³-hybridized carbons (Fsp3) is 0.308. The molecule has 0 radical (unpaired) electrons. The lowest BCUT2D eigenvalue weighted by Crippen LogP contribution is -2.15. The summed E-state index contributed by atoms with van der Waals surface area (Å²) in [6.45, 7) is 4.03. The lowest BCUT2D eigenvalue weighted by atomic mass is 10.0. The topological polar surface area (TPSA) is 24.1 Å². The van der Waals surface area contributed by atoms with Crippen LogP contribution < -0.4 is 10.6 Å². The van der Waals surface area contributed by atoms with Crippen molar-refractivity contribution < 1.29 is 0 Å². The summed E-state index contributed by atoms with van der Waals surface area (Å²) in [7, 11) is 0. The largest absolute Gasteiger partial charge is 0.313 e. The molecule has 146 valence electrons. The molecule has 0 amide bonds. The third kappa shape index (κ3) is 7.67. The quantitative estimate of drug-likeness (QED) is 0.431. The van der Waals surface area contributed by atoms with E-state index in [0.717, 1.165) is 39.0 Å². The third-order valence-electron chi connectivity index (χ3n) is 5.00. The van der Waals surface area contributed by atoms with Crippen LogP contribution in [0, 0.1) is 0 Å². The summed E-state index contributed by atoms with van der Waals surface area (Å²) >= 11 is 0. The highest BCUT2D eigenvalue weighted by Gasteiger charge is 1.98. The number of benzene rings is 3. The molecule has 2 heteroatoms. The van der Waals surface area contributed by atoms with Gasteiger partial charge in [-0.25, -0.2) is 0 Å². The summed E-state index contributed by atoms with van der Waals surface area (Å²) < 4.78 is 0. The van der Waals surface area contributed by atoms with Crippen LogP contribution in [0.1, 0.15) is 35.1 Å². The van der Waals surface area contributed by atoms with Gasteiger partial charge in [0.1, 0.15) is 0 Å². The van der Waals surface area contributed by atoms with E-state index in [-0.39, 0.29) is 0 Å². The van der Waals surface area contributed by atoms with Gasteiger partial charge < -0.3 is 10.6 Å². The first-order valence-electron chi connectivity index (χ1n) is 10.5. The second kappa shape index (κ2) is 12.1. The zero-order valence-electron chi connectivity index (χ0n) is 16.7. The molecule has 0 bridgehead atoms. The molecule has 0 aliphatic rings. The maximum Gasteiger partial charge on any atom is 0.0205 e. The number of hydrogen-bond donors (Lipinski definition) is 2. The summed E-state index contributed by atoms with van der Waals surface area (Å²) in [5.74, 6) is 0. The van der Waals surface area contributed by atoms with E-state index in [1.165, 1.54) is 35.1 Å². The molecule has 0 heterocycles. The van der Waals surface area contributed by atoms with Crippen molar-refractivity contribution in [3.05, 3.63) is 107 Å². The van der Waals surface area contributed by atoms with E-state index >= 15 is 0 Å². The Morgan fingerprint density at radius 1 is 0.429 bits per heavy atom. The van der Waals surface area contributed by atoms with Crippen LogP contribution in [0.4, 0.5) is 0 Å². The highest BCUT2D eigenvalue weighted by molar-refractivity contribution is 5.23. The molecule has 0 fully saturated rings. The smallest absolute Gasteiger partial charge is 0.0205 e. The molecular formula is C26H32N2. The van der Waals surface area contributed by atoms with Crippen LogP contribution in [0.2, 0.25) is 0 Å². The highest BCUT2D eigenvalue weighted by Crippen LogP contribution is 2.09. The Hall–Kier alpha value is -2.42. The van der Waals surface area contributed by atoms with Gasteiger partial charge in [-0.05, 0) is 61.0 Å². The average molecular weight is 373 g/mol. The molecule has 3 aromatic rings. The second-order valence-electron chi connectivity index (χ2n) is 7.35. The molecule has 28 heavy (non-hydrogen) atoms. The Bertz CT molecular complexity index is 698. The standard InChI is InChI=1S/C26H32N2/c1-3-9-25(10-4-1)21-27-19-7-13-23-15-17-24(18-16-23)14-8-20-28-22-26-11-5-2-6-12-26/h1-6,9-12,15-18,27-28H,7-8,13-14,19-22H2. The fourth-order valence-electron chi connectivity index (χ4n) is 3.36. The van der Waals surface area contributed by atoms with Crippen LogP contribution in [0.3, 0.4) is 0 Å². The summed E-state index contributed by atoms with van der Waals surface area (Å²) in [5, 5.41) is 7.06. The first kappa shape index (κ1) is 20.3. The molecule has 0 aliphatic heterocycles. The van der Waals surface area contributed by atoms with Crippen molar-refractivity contribution in [3.63, 3.8) is 0 Å². The van der Waals surface area contributed by atoms with Gasteiger partial charge in [-0.3, -0.25) is 0 Å². The van der Waals surface area contributed by atoms with Crippen LogP contribution in [0.5, 0.6) is 0 Å². The zero-order chi connectivity index (χ0) is 19.3. The van der Waals surface area contributed by atoms with E-state index in [4.69, 9.17) is 0 Å². The van der Waals surface area contributed by atoms with E-state index in [0.29, 0.717) is 0 Å². The summed E-state index contributed by atoms with van der Waals surface area (Å²) in [4.78, 5) is 0. The van der Waals surface area contributed by atoms with Gasteiger partial charge in [0.25, 0.3) is 0 Å². The molecule has 2 nitrogen and oxygen atoms in total. The summed E-state index contributed by atoms with van der Waals surface area (Å²) in [5.41, 5.74) is 5.58. The van der Waals surface area contributed by atoms with Crippen molar-refractivity contribution in [2.24, 2.45) is 0 Å². The monoisotopic (exact) mass is 372 g/mol. The van der Waals surface area contributed by atoms with E-state index in [1.54, 1.807) is 0 Å². The van der Waals surface area contributed by atoms with Gasteiger partial charge in [-0.2, -0.15) is 0 Å². The van der Waals surface area contributed by atoms with Gasteiger partial charge in [-0.15, -0.1) is 0 Å². The minimum absolute atomic E-state index is 0.956. The normalized spacial score (nSPS) is 10.9. The van der Waals surface area contributed by atoms with Crippen LogP contribution in [0.25, 0.3) is 0 Å². The maximum atomic E-state index is 3.53. The Morgan fingerprint density at radius 3 is 1.21 bits per heavy atom. The number of aryl methyl sites for hydroxylation is 2. The lowest BCUT2D eigenvalue weighted by molar-refractivity contribution is 0.647. The first-order chi connectivity index (χ1) is 13.9. The van der Waals surface area contributed by atoms with Gasteiger partial charge in [0.15, 0.2) is 0 Å². The van der Waals surface area contributed by atoms with Crippen molar-refractivity contribution in [3.8, 4) is 0 Å². The molecule has 0 unspecified atom stereocenters. The second-order valence-corrected chi connectivity index (χ2v) is 7.35. The van der Waals surface area contributed by atoms with Crippen LogP contribution in [0.15, 0.2) is 84.9 Å². The van der Waals surface area contributed by atoms with Gasteiger partial charge in [0, 0.05) is 13.1 Å².